The molecule has 30 heavy (non-hydrogen) atoms. The van der Waals surface area contributed by atoms with Gasteiger partial charge in [-0.2, -0.15) is 9.98 Å². The van der Waals surface area contributed by atoms with Gasteiger partial charge in [-0.1, -0.05) is 42.5 Å². The molecule has 0 bridgehead atoms. The first-order chi connectivity index (χ1) is 14.8. The second kappa shape index (κ2) is 5.45. The van der Waals surface area contributed by atoms with Crippen molar-refractivity contribution in [3.05, 3.63) is 89.8 Å². The summed E-state index contributed by atoms with van der Waals surface area (Å²) in [4.78, 5) is 24.1. The highest BCUT2D eigenvalue weighted by molar-refractivity contribution is 6.21. The van der Waals surface area contributed by atoms with Gasteiger partial charge < -0.3 is 0 Å². The van der Waals surface area contributed by atoms with Gasteiger partial charge in [-0.05, 0) is 67.4 Å². The number of carbonyl (C=O) groups is 1. The highest BCUT2D eigenvalue weighted by Gasteiger charge is 2.12. The second-order valence-electron chi connectivity index (χ2n) is 7.72. The van der Waals surface area contributed by atoms with E-state index in [1.54, 1.807) is 0 Å². The summed E-state index contributed by atoms with van der Waals surface area (Å²) in [6, 6.07) is 22.9. The number of rotatable bonds is 0. The number of nitrogens with zero attached hydrogens (tertiary/aromatic N) is 3. The minimum atomic E-state index is -0.428. The van der Waals surface area contributed by atoms with Crippen LogP contribution in [-0.2, 0) is 0 Å². The third-order valence-corrected chi connectivity index (χ3v) is 6.15. The maximum absolute atomic E-state index is 11.7. The molecule has 7 rings (SSSR count). The van der Waals surface area contributed by atoms with E-state index in [0.29, 0.717) is 10.7 Å². The Bertz CT molecular complexity index is 1870. The lowest BCUT2D eigenvalue weighted by molar-refractivity contribution is 0.257. The molecule has 6 aromatic rings. The van der Waals surface area contributed by atoms with Crippen LogP contribution in [0.1, 0.15) is 0 Å². The Balaban J connectivity index is 1.67. The molecule has 0 aliphatic carbocycles. The summed E-state index contributed by atoms with van der Waals surface area (Å²) in [5, 5.41) is 12.9. The number of carbonyl (C=O) groups excluding carboxylic acids is 1. The average Bonchev–Trinajstić information content (AvgIpc) is 3.17. The molecule has 2 amide bonds. The van der Waals surface area contributed by atoms with Crippen molar-refractivity contribution < 1.29 is 4.79 Å². The number of benzene rings is 5. The van der Waals surface area contributed by atoms with Crippen LogP contribution in [0.15, 0.2) is 89.1 Å². The van der Waals surface area contributed by atoms with Crippen LogP contribution in [0.4, 0.5) is 4.79 Å². The Morgan fingerprint density at radius 3 is 2.03 bits per heavy atom. The standard InChI is InChI=1S/C26H13N3O/c30-26-28-24-8-7-19-20(25(24)29-26)6-3-16-11-15-2-5-18-17(21(15)12-22(16)19)4-1-14-9-10-27-13-23(14)18/h1-13H. The molecule has 4 nitrogen and oxygen atoms in total. The van der Waals surface area contributed by atoms with Crippen molar-refractivity contribution in [1.82, 2.24) is 4.98 Å². The van der Waals surface area contributed by atoms with Crippen molar-refractivity contribution in [1.29, 1.82) is 0 Å². The van der Waals surface area contributed by atoms with Crippen LogP contribution >= 0.6 is 0 Å². The van der Waals surface area contributed by atoms with E-state index in [1.807, 2.05) is 36.7 Å². The first kappa shape index (κ1) is 15.7. The van der Waals surface area contributed by atoms with Gasteiger partial charge in [0.15, 0.2) is 0 Å². The fraction of sp³-hybridized carbons (Fsp3) is 0. The zero-order valence-electron chi connectivity index (χ0n) is 15.8. The lowest BCUT2D eigenvalue weighted by atomic mass is 9.94. The number of hydrogen-bond acceptors (Lipinski definition) is 2. The molecule has 0 spiro atoms. The maximum Gasteiger partial charge on any atom is 0.368 e. The van der Waals surface area contributed by atoms with Crippen LogP contribution in [-0.4, -0.2) is 11.0 Å². The highest BCUT2D eigenvalue weighted by Crippen LogP contribution is 2.34. The fourth-order valence-corrected chi connectivity index (χ4v) is 4.75. The summed E-state index contributed by atoms with van der Waals surface area (Å²) in [5.41, 5.74) is 0. The van der Waals surface area contributed by atoms with Crippen LogP contribution < -0.4 is 10.7 Å². The molecule has 0 fully saturated rings. The number of fused-ring (bicyclic) bond motifs is 10. The van der Waals surface area contributed by atoms with E-state index in [0.717, 1.165) is 26.9 Å². The van der Waals surface area contributed by atoms with Crippen LogP contribution in [0.25, 0.3) is 53.9 Å². The van der Waals surface area contributed by atoms with E-state index in [1.165, 1.54) is 26.9 Å². The van der Waals surface area contributed by atoms with Crippen molar-refractivity contribution >= 4 is 59.9 Å². The van der Waals surface area contributed by atoms with Gasteiger partial charge in [-0.3, -0.25) is 4.98 Å². The van der Waals surface area contributed by atoms with Crippen LogP contribution in [0.3, 0.4) is 0 Å². The molecule has 2 heterocycles. The third kappa shape index (κ3) is 2.00. The molecule has 5 aromatic carbocycles. The number of aromatic nitrogens is 1. The van der Waals surface area contributed by atoms with Crippen molar-refractivity contribution in [3.8, 4) is 0 Å². The van der Waals surface area contributed by atoms with Gasteiger partial charge in [-0.25, -0.2) is 4.79 Å². The van der Waals surface area contributed by atoms with Gasteiger partial charge in [0.2, 0.25) is 0 Å². The predicted octanol–water partition coefficient (Wildman–Crippen LogP) is 5.22. The Kier molecular flexibility index (Phi) is 2.86. The van der Waals surface area contributed by atoms with E-state index in [9.17, 15) is 4.79 Å². The molecule has 1 aromatic heterocycles. The molecule has 0 unspecified atom stereocenters. The van der Waals surface area contributed by atoms with Crippen LogP contribution in [0.2, 0.25) is 0 Å². The molecule has 0 atom stereocenters. The molecule has 0 N–H and O–H groups in total. The summed E-state index contributed by atoms with van der Waals surface area (Å²) < 4.78 is 0. The second-order valence-corrected chi connectivity index (χ2v) is 7.72. The third-order valence-electron chi connectivity index (χ3n) is 6.15. The maximum atomic E-state index is 11.7. The van der Waals surface area contributed by atoms with Gasteiger partial charge in [0.05, 0.1) is 5.36 Å². The molecule has 4 heteroatoms. The number of pyridine rings is 1. The van der Waals surface area contributed by atoms with Gasteiger partial charge in [0, 0.05) is 23.2 Å². The van der Waals surface area contributed by atoms with E-state index in [2.05, 4.69) is 57.4 Å². The van der Waals surface area contributed by atoms with Crippen LogP contribution in [0, 0.1) is 0 Å². The average molecular weight is 383 g/mol. The molecule has 0 saturated carbocycles. The lowest BCUT2D eigenvalue weighted by Gasteiger charge is -2.10. The Morgan fingerprint density at radius 2 is 1.20 bits per heavy atom. The normalized spacial score (nSPS) is 13.3. The lowest BCUT2D eigenvalue weighted by Crippen LogP contribution is -2.21. The molecular formula is C26H13N3O. The van der Waals surface area contributed by atoms with Crippen LogP contribution in [0.5, 0.6) is 0 Å². The van der Waals surface area contributed by atoms with E-state index in [4.69, 9.17) is 0 Å². The molecule has 0 saturated heterocycles. The van der Waals surface area contributed by atoms with E-state index in [-0.39, 0.29) is 0 Å². The molecule has 138 valence electrons. The van der Waals surface area contributed by atoms with Crippen molar-refractivity contribution in [3.63, 3.8) is 0 Å². The predicted molar refractivity (Wildman–Crippen MR) is 119 cm³/mol. The SMILES string of the molecule is O=C1N=c2ccc3c(ccc4cc5ccc6c7cnccc7ccc6c5cc43)c2=N1. The monoisotopic (exact) mass is 383 g/mol. The first-order valence-electron chi connectivity index (χ1n) is 9.82. The summed E-state index contributed by atoms with van der Waals surface area (Å²) in [5.74, 6) is 0. The zero-order chi connectivity index (χ0) is 19.8. The number of amides is 2. The minimum absolute atomic E-state index is 0.428. The summed E-state index contributed by atoms with van der Waals surface area (Å²) in [7, 11) is 0. The molecular weight excluding hydrogens is 370 g/mol. The van der Waals surface area contributed by atoms with Gasteiger partial charge >= 0.3 is 6.03 Å². The molecule has 1 aliphatic heterocycles. The van der Waals surface area contributed by atoms with Gasteiger partial charge in [-0.15, -0.1) is 0 Å². The largest absolute Gasteiger partial charge is 0.368 e. The summed E-state index contributed by atoms with van der Waals surface area (Å²) in [6.45, 7) is 0. The zero-order valence-corrected chi connectivity index (χ0v) is 15.8. The highest BCUT2D eigenvalue weighted by atomic mass is 16.2. The van der Waals surface area contributed by atoms with Crippen molar-refractivity contribution in [2.75, 3.05) is 0 Å². The first-order valence-corrected chi connectivity index (χ1v) is 9.82. The molecule has 0 radical (unpaired) electrons. The van der Waals surface area contributed by atoms with Gasteiger partial charge in [0.25, 0.3) is 0 Å². The summed E-state index contributed by atoms with van der Waals surface area (Å²) in [6.07, 6.45) is 3.76. The number of urea groups is 1. The molecule has 1 aliphatic rings. The number of hydrogen-bond donors (Lipinski definition) is 0. The summed E-state index contributed by atoms with van der Waals surface area (Å²) >= 11 is 0. The Hall–Kier alpha value is -4.18. The van der Waals surface area contributed by atoms with Gasteiger partial charge in [0.1, 0.15) is 5.36 Å². The topological polar surface area (TPSA) is 54.7 Å². The van der Waals surface area contributed by atoms with Crippen molar-refractivity contribution in [2.45, 2.75) is 0 Å². The Labute approximate surface area is 169 Å². The minimum Gasteiger partial charge on any atom is -0.264 e. The Morgan fingerprint density at radius 1 is 0.533 bits per heavy atom. The smallest absolute Gasteiger partial charge is 0.264 e. The van der Waals surface area contributed by atoms with E-state index >= 15 is 0 Å². The quantitative estimate of drug-likeness (QED) is 0.267. The van der Waals surface area contributed by atoms with E-state index < -0.39 is 6.03 Å². The van der Waals surface area contributed by atoms with Crippen molar-refractivity contribution in [2.24, 2.45) is 9.98 Å². The fourth-order valence-electron chi connectivity index (χ4n) is 4.75.